The molecule has 1 aliphatic rings. The molecule has 0 spiro atoms. The first kappa shape index (κ1) is 8.30. The van der Waals surface area contributed by atoms with E-state index in [9.17, 15) is 4.79 Å². The van der Waals surface area contributed by atoms with Crippen molar-refractivity contribution in [3.63, 3.8) is 0 Å². The maximum Gasteiger partial charge on any atom is 0.309 e. The highest BCUT2D eigenvalue weighted by Gasteiger charge is 2.31. The number of ether oxygens (including phenoxy) is 1. The van der Waals surface area contributed by atoms with Crippen LogP contribution in [0.1, 0.15) is 18.4 Å². The van der Waals surface area contributed by atoms with Gasteiger partial charge in [0.2, 0.25) is 0 Å². The van der Waals surface area contributed by atoms with Crippen molar-refractivity contribution >= 4 is 5.97 Å². The molecule has 0 aliphatic heterocycles. The average Bonchev–Trinajstić information content (AvgIpc) is 2.99. The number of hydrogen-bond donors (Lipinski definition) is 0. The smallest absolute Gasteiger partial charge is 0.309 e. The molecule has 1 aromatic rings. The predicted octanol–water partition coefficient (Wildman–Crippen LogP) is 1.94. The molecule has 0 N–H and O–H groups in total. The van der Waals surface area contributed by atoms with Gasteiger partial charge in [0.05, 0.1) is 5.92 Å². The first-order valence-corrected chi connectivity index (χ1v) is 4.48. The van der Waals surface area contributed by atoms with Gasteiger partial charge in [-0.05, 0) is 30.5 Å². The first-order valence-electron chi connectivity index (χ1n) is 4.48. The predicted molar refractivity (Wildman–Crippen MR) is 47.8 cm³/mol. The summed E-state index contributed by atoms with van der Waals surface area (Å²) in [5, 5.41) is 0. The minimum absolute atomic E-state index is 0.0520. The Labute approximate surface area is 77.5 Å². The molecule has 1 saturated carbocycles. The molecule has 2 nitrogen and oxygen atoms in total. The average molecular weight is 175 g/mol. The van der Waals surface area contributed by atoms with E-state index in [-0.39, 0.29) is 11.9 Å². The molecular formula is C11H11O2. The van der Waals surface area contributed by atoms with Gasteiger partial charge < -0.3 is 4.74 Å². The molecule has 0 bridgehead atoms. The van der Waals surface area contributed by atoms with Gasteiger partial charge >= 0.3 is 5.97 Å². The largest absolute Gasteiger partial charge is 0.461 e. The van der Waals surface area contributed by atoms with Gasteiger partial charge in [-0.15, -0.1) is 0 Å². The number of benzene rings is 1. The Hall–Kier alpha value is -1.31. The van der Waals surface area contributed by atoms with Gasteiger partial charge in [-0.25, -0.2) is 0 Å². The van der Waals surface area contributed by atoms with Crippen LogP contribution in [0.3, 0.4) is 0 Å². The minimum Gasteiger partial charge on any atom is -0.461 e. The van der Waals surface area contributed by atoms with Gasteiger partial charge in [0.15, 0.2) is 0 Å². The normalized spacial score (nSPS) is 15.4. The van der Waals surface area contributed by atoms with Gasteiger partial charge in [-0.1, -0.05) is 18.2 Å². The SMILES string of the molecule is O=C(OCc1c[c]ccc1)C1CC1. The lowest BCUT2D eigenvalue weighted by molar-refractivity contribution is -0.146. The fraction of sp³-hybridized carbons (Fsp3) is 0.364. The molecule has 1 aromatic carbocycles. The third kappa shape index (κ3) is 2.31. The van der Waals surface area contributed by atoms with Gasteiger partial charge in [0, 0.05) is 0 Å². The molecule has 0 aromatic heterocycles. The highest BCUT2D eigenvalue weighted by atomic mass is 16.5. The number of carbonyl (C=O) groups is 1. The third-order valence-corrected chi connectivity index (χ3v) is 2.06. The van der Waals surface area contributed by atoms with E-state index in [1.54, 1.807) is 0 Å². The van der Waals surface area contributed by atoms with Crippen molar-refractivity contribution in [1.29, 1.82) is 0 Å². The molecule has 0 heterocycles. The Morgan fingerprint density at radius 2 is 2.46 bits per heavy atom. The van der Waals surface area contributed by atoms with E-state index in [1.807, 2.05) is 24.3 Å². The second kappa shape index (κ2) is 3.60. The summed E-state index contributed by atoms with van der Waals surface area (Å²) >= 11 is 0. The molecule has 2 rings (SSSR count). The molecule has 1 aliphatic carbocycles. The van der Waals surface area contributed by atoms with Crippen molar-refractivity contribution in [3.8, 4) is 0 Å². The summed E-state index contributed by atoms with van der Waals surface area (Å²) in [6.07, 6.45) is 2.00. The molecule has 0 amide bonds. The zero-order valence-electron chi connectivity index (χ0n) is 7.32. The molecule has 13 heavy (non-hydrogen) atoms. The van der Waals surface area contributed by atoms with E-state index in [4.69, 9.17) is 4.74 Å². The van der Waals surface area contributed by atoms with Crippen molar-refractivity contribution in [3.05, 3.63) is 35.9 Å². The van der Waals surface area contributed by atoms with Crippen LogP contribution in [0.5, 0.6) is 0 Å². The zero-order chi connectivity index (χ0) is 9.10. The van der Waals surface area contributed by atoms with Crippen LogP contribution in [-0.4, -0.2) is 5.97 Å². The summed E-state index contributed by atoms with van der Waals surface area (Å²) in [6.45, 7) is 0.382. The monoisotopic (exact) mass is 175 g/mol. The summed E-state index contributed by atoms with van der Waals surface area (Å²) in [5.74, 6) is 0.136. The summed E-state index contributed by atoms with van der Waals surface area (Å²) in [5.41, 5.74) is 0.997. The maximum atomic E-state index is 11.1. The highest BCUT2D eigenvalue weighted by Crippen LogP contribution is 2.30. The van der Waals surface area contributed by atoms with Crippen LogP contribution in [-0.2, 0) is 16.1 Å². The topological polar surface area (TPSA) is 26.3 Å². The zero-order valence-corrected chi connectivity index (χ0v) is 7.32. The van der Waals surface area contributed by atoms with Crippen LogP contribution >= 0.6 is 0 Å². The van der Waals surface area contributed by atoms with Crippen LogP contribution in [0.4, 0.5) is 0 Å². The summed E-state index contributed by atoms with van der Waals surface area (Å²) < 4.78 is 5.09. The van der Waals surface area contributed by atoms with Gasteiger partial charge in [-0.3, -0.25) is 4.79 Å². The number of esters is 1. The van der Waals surface area contributed by atoms with Crippen molar-refractivity contribution in [2.75, 3.05) is 0 Å². The van der Waals surface area contributed by atoms with E-state index in [0.29, 0.717) is 6.61 Å². The Morgan fingerprint density at radius 3 is 3.08 bits per heavy atom. The lowest BCUT2D eigenvalue weighted by Gasteiger charge is -2.02. The Bertz CT molecular complexity index is 288. The Morgan fingerprint density at radius 1 is 1.62 bits per heavy atom. The fourth-order valence-corrected chi connectivity index (χ4v) is 1.11. The quantitative estimate of drug-likeness (QED) is 0.656. The van der Waals surface area contributed by atoms with Gasteiger partial charge in [-0.2, -0.15) is 0 Å². The summed E-state index contributed by atoms with van der Waals surface area (Å²) in [6, 6.07) is 10.4. The van der Waals surface area contributed by atoms with Gasteiger partial charge in [0.25, 0.3) is 0 Å². The molecule has 1 radical (unpaired) electrons. The van der Waals surface area contributed by atoms with Gasteiger partial charge in [0.1, 0.15) is 6.61 Å². The molecule has 0 unspecified atom stereocenters. The van der Waals surface area contributed by atoms with Crippen molar-refractivity contribution in [2.45, 2.75) is 19.4 Å². The van der Waals surface area contributed by atoms with E-state index >= 15 is 0 Å². The maximum absolute atomic E-state index is 11.1. The molecular weight excluding hydrogens is 164 g/mol. The lowest BCUT2D eigenvalue weighted by Crippen LogP contribution is -2.05. The van der Waals surface area contributed by atoms with Crippen LogP contribution in [0.2, 0.25) is 0 Å². The number of hydrogen-bond acceptors (Lipinski definition) is 2. The molecule has 0 atom stereocenters. The van der Waals surface area contributed by atoms with E-state index in [0.717, 1.165) is 18.4 Å². The van der Waals surface area contributed by atoms with E-state index < -0.39 is 0 Å². The summed E-state index contributed by atoms with van der Waals surface area (Å²) in [4.78, 5) is 11.1. The number of rotatable bonds is 3. The first-order chi connectivity index (χ1) is 6.36. The summed E-state index contributed by atoms with van der Waals surface area (Å²) in [7, 11) is 0. The standard InChI is InChI=1S/C11H11O2/c12-11(10-6-7-10)13-8-9-4-2-1-3-5-9/h1-2,4-5,10H,6-8H2. The molecule has 1 fully saturated rings. The van der Waals surface area contributed by atoms with Crippen molar-refractivity contribution in [2.24, 2.45) is 5.92 Å². The third-order valence-electron chi connectivity index (χ3n) is 2.06. The lowest BCUT2D eigenvalue weighted by atomic mass is 10.2. The van der Waals surface area contributed by atoms with E-state index in [1.165, 1.54) is 0 Å². The second-order valence-electron chi connectivity index (χ2n) is 3.29. The van der Waals surface area contributed by atoms with Crippen LogP contribution in [0, 0.1) is 12.0 Å². The second-order valence-corrected chi connectivity index (χ2v) is 3.29. The van der Waals surface area contributed by atoms with Crippen LogP contribution in [0.25, 0.3) is 0 Å². The highest BCUT2D eigenvalue weighted by molar-refractivity contribution is 5.74. The molecule has 0 saturated heterocycles. The van der Waals surface area contributed by atoms with Crippen molar-refractivity contribution in [1.82, 2.24) is 0 Å². The van der Waals surface area contributed by atoms with E-state index in [2.05, 4.69) is 6.07 Å². The molecule has 67 valence electrons. The fourth-order valence-electron chi connectivity index (χ4n) is 1.11. The molecule has 2 heteroatoms. The number of carbonyl (C=O) groups excluding carboxylic acids is 1. The Balaban J connectivity index is 1.82. The van der Waals surface area contributed by atoms with Crippen molar-refractivity contribution < 1.29 is 9.53 Å². The van der Waals surface area contributed by atoms with Crippen LogP contribution in [0.15, 0.2) is 24.3 Å². The van der Waals surface area contributed by atoms with Crippen LogP contribution < -0.4 is 0 Å². The minimum atomic E-state index is -0.0520. The Kier molecular flexibility index (Phi) is 2.30.